The Morgan fingerprint density at radius 2 is 2.00 bits per heavy atom. The Bertz CT molecular complexity index is 302. The number of carboxylic acids is 1. The molecule has 0 amide bonds. The van der Waals surface area contributed by atoms with Gasteiger partial charge in [-0.05, 0) is 12.8 Å². The van der Waals surface area contributed by atoms with Crippen LogP contribution in [0.1, 0.15) is 12.8 Å². The molecule has 3 atom stereocenters. The molecule has 0 aliphatic heterocycles. The normalized spacial score (nSPS) is 31.1. The molecule has 0 bridgehead atoms. The quantitative estimate of drug-likeness (QED) is 0.343. The fourth-order valence-electron chi connectivity index (χ4n) is 1.36. The molecule has 1 fully saturated rings. The predicted molar refractivity (Wildman–Crippen MR) is 45.7 cm³/mol. The highest BCUT2D eigenvalue weighted by atomic mass is 16.6. The molecule has 0 saturated heterocycles. The van der Waals surface area contributed by atoms with Crippen LogP contribution in [0.2, 0.25) is 0 Å². The Hall–Kier alpha value is -1.47. The molecule has 84 valence electrons. The number of ketones is 1. The number of hydrogen-bond donors (Lipinski definition) is 3. The summed E-state index contributed by atoms with van der Waals surface area (Å²) in [6.45, 7) is 0. The second kappa shape index (κ2) is 4.37. The minimum absolute atomic E-state index is 0.174. The summed E-state index contributed by atoms with van der Waals surface area (Å²) in [6.07, 6.45) is -2.21. The topological polar surface area (TPSA) is 127 Å². The number of carboxylic acid groups (broad SMARTS) is 1. The molecule has 0 aromatic heterocycles. The van der Waals surface area contributed by atoms with Gasteiger partial charge < -0.3 is 20.7 Å². The van der Waals surface area contributed by atoms with Crippen LogP contribution < -0.4 is 5.73 Å². The monoisotopic (exact) mass is 217 g/mol. The minimum atomic E-state index is -1.76. The summed E-state index contributed by atoms with van der Waals surface area (Å²) in [5, 5.41) is 17.6. The van der Waals surface area contributed by atoms with Crippen LogP contribution in [-0.2, 0) is 19.1 Å². The largest absolute Gasteiger partial charge is 0.473 e. The van der Waals surface area contributed by atoms with Crippen molar-refractivity contribution in [3.63, 3.8) is 0 Å². The number of ether oxygens (including phenoxy) is 1. The molecule has 0 aromatic rings. The van der Waals surface area contributed by atoms with Crippen LogP contribution in [0.3, 0.4) is 0 Å². The number of carbonyl (C=O) groups is 3. The van der Waals surface area contributed by atoms with Crippen LogP contribution >= 0.6 is 0 Å². The fourth-order valence-corrected chi connectivity index (χ4v) is 1.36. The number of rotatable bonds is 1. The number of aliphatic hydroxyl groups is 1. The summed E-state index contributed by atoms with van der Waals surface area (Å²) in [6, 6.07) is -0.778. The van der Waals surface area contributed by atoms with Gasteiger partial charge in [0.1, 0.15) is 6.10 Å². The van der Waals surface area contributed by atoms with E-state index in [0.29, 0.717) is 0 Å². The molecule has 0 aromatic carbocycles. The first-order valence-corrected chi connectivity index (χ1v) is 4.34. The Balaban J connectivity index is 2.61. The maximum absolute atomic E-state index is 11.2. The van der Waals surface area contributed by atoms with E-state index < -0.39 is 36.0 Å². The maximum atomic E-state index is 11.2. The molecule has 7 nitrogen and oxygen atoms in total. The zero-order chi connectivity index (χ0) is 11.6. The molecule has 7 heteroatoms. The summed E-state index contributed by atoms with van der Waals surface area (Å²) >= 11 is 0. The third-order valence-corrected chi connectivity index (χ3v) is 2.20. The van der Waals surface area contributed by atoms with Gasteiger partial charge >= 0.3 is 11.9 Å². The van der Waals surface area contributed by atoms with Crippen molar-refractivity contribution in [2.45, 2.75) is 31.1 Å². The molecular formula is C8H11NO6. The van der Waals surface area contributed by atoms with Gasteiger partial charge in [-0.25, -0.2) is 9.59 Å². The van der Waals surface area contributed by atoms with E-state index in [1.165, 1.54) is 0 Å². The second-order valence-corrected chi connectivity index (χ2v) is 3.28. The molecular weight excluding hydrogens is 206 g/mol. The molecule has 4 N–H and O–H groups in total. The fraction of sp³-hybridized carbons (Fsp3) is 0.625. The van der Waals surface area contributed by atoms with E-state index in [0.717, 1.165) is 0 Å². The van der Waals surface area contributed by atoms with Gasteiger partial charge in [0.15, 0.2) is 11.9 Å². The van der Waals surface area contributed by atoms with Crippen LogP contribution in [0.5, 0.6) is 0 Å². The Labute approximate surface area is 84.8 Å². The number of hydrogen-bond acceptors (Lipinski definition) is 6. The zero-order valence-electron chi connectivity index (χ0n) is 7.75. The van der Waals surface area contributed by atoms with Crippen molar-refractivity contribution in [2.24, 2.45) is 5.73 Å². The molecule has 3 unspecified atom stereocenters. The lowest BCUT2D eigenvalue weighted by atomic mass is 9.90. The van der Waals surface area contributed by atoms with E-state index in [1.807, 2.05) is 0 Å². The number of aliphatic carboxylic acids is 1. The second-order valence-electron chi connectivity index (χ2n) is 3.28. The third-order valence-electron chi connectivity index (χ3n) is 2.20. The standard InChI is InChI=1S/C8H11NO6/c9-3-1-2-4(6(11)5(3)10)15-8(14)7(12)13/h3-4,6,11H,1-2,9H2,(H,12,13). The Morgan fingerprint density at radius 1 is 1.40 bits per heavy atom. The van der Waals surface area contributed by atoms with Crippen LogP contribution in [0.15, 0.2) is 0 Å². The van der Waals surface area contributed by atoms with E-state index in [1.54, 1.807) is 0 Å². The first kappa shape index (κ1) is 11.6. The first-order chi connectivity index (χ1) is 6.93. The Kier molecular flexibility index (Phi) is 3.38. The highest BCUT2D eigenvalue weighted by Gasteiger charge is 2.38. The summed E-state index contributed by atoms with van der Waals surface area (Å²) in [7, 11) is 0. The van der Waals surface area contributed by atoms with Crippen molar-refractivity contribution in [3.05, 3.63) is 0 Å². The molecule has 1 saturated carbocycles. The Morgan fingerprint density at radius 3 is 2.53 bits per heavy atom. The van der Waals surface area contributed by atoms with Gasteiger partial charge in [0, 0.05) is 0 Å². The molecule has 1 aliphatic carbocycles. The van der Waals surface area contributed by atoms with Gasteiger partial charge in [-0.1, -0.05) is 0 Å². The summed E-state index contributed by atoms with van der Waals surface area (Å²) in [5.74, 6) is -3.88. The van der Waals surface area contributed by atoms with Gasteiger partial charge in [-0.2, -0.15) is 0 Å². The van der Waals surface area contributed by atoms with Crippen molar-refractivity contribution in [1.82, 2.24) is 0 Å². The lowest BCUT2D eigenvalue weighted by molar-refractivity contribution is -0.174. The van der Waals surface area contributed by atoms with Crippen LogP contribution in [0, 0.1) is 0 Å². The summed E-state index contributed by atoms with van der Waals surface area (Å²) in [5.41, 5.74) is 5.36. The first-order valence-electron chi connectivity index (χ1n) is 4.34. The van der Waals surface area contributed by atoms with E-state index >= 15 is 0 Å². The predicted octanol–water partition coefficient (Wildman–Crippen LogP) is -1.97. The number of Topliss-reactive ketones (excluding diaryl/α,β-unsaturated/α-hetero) is 1. The van der Waals surface area contributed by atoms with Gasteiger partial charge in [-0.15, -0.1) is 0 Å². The van der Waals surface area contributed by atoms with Crippen molar-refractivity contribution in [1.29, 1.82) is 0 Å². The SMILES string of the molecule is NC1CCC(OC(=O)C(=O)O)C(O)C1=O. The lowest BCUT2D eigenvalue weighted by Gasteiger charge is -2.28. The molecule has 15 heavy (non-hydrogen) atoms. The maximum Gasteiger partial charge on any atom is 0.417 e. The van der Waals surface area contributed by atoms with Crippen molar-refractivity contribution >= 4 is 17.7 Å². The molecule has 0 spiro atoms. The number of esters is 1. The van der Waals surface area contributed by atoms with Gasteiger partial charge in [0.05, 0.1) is 6.04 Å². The highest BCUT2D eigenvalue weighted by molar-refractivity contribution is 6.28. The van der Waals surface area contributed by atoms with Crippen molar-refractivity contribution in [2.75, 3.05) is 0 Å². The van der Waals surface area contributed by atoms with E-state index in [9.17, 15) is 19.5 Å². The minimum Gasteiger partial charge on any atom is -0.473 e. The summed E-state index contributed by atoms with van der Waals surface area (Å²) < 4.78 is 4.42. The molecule has 0 heterocycles. The molecule has 1 aliphatic rings. The van der Waals surface area contributed by atoms with E-state index in [-0.39, 0.29) is 12.8 Å². The smallest absolute Gasteiger partial charge is 0.417 e. The molecule has 0 radical (unpaired) electrons. The number of carbonyl (C=O) groups excluding carboxylic acids is 2. The molecule has 1 rings (SSSR count). The van der Waals surface area contributed by atoms with E-state index in [2.05, 4.69) is 4.74 Å². The summed E-state index contributed by atoms with van der Waals surface area (Å²) in [4.78, 5) is 32.0. The highest BCUT2D eigenvalue weighted by Crippen LogP contribution is 2.18. The van der Waals surface area contributed by atoms with Gasteiger partial charge in [-0.3, -0.25) is 4.79 Å². The van der Waals surface area contributed by atoms with Crippen LogP contribution in [-0.4, -0.2) is 46.2 Å². The average Bonchev–Trinajstić information content (AvgIpc) is 2.18. The average molecular weight is 217 g/mol. The van der Waals surface area contributed by atoms with Crippen LogP contribution in [0.4, 0.5) is 0 Å². The lowest BCUT2D eigenvalue weighted by Crippen LogP contribution is -2.51. The van der Waals surface area contributed by atoms with Crippen LogP contribution in [0.25, 0.3) is 0 Å². The zero-order valence-corrected chi connectivity index (χ0v) is 7.75. The van der Waals surface area contributed by atoms with Crippen molar-refractivity contribution in [3.8, 4) is 0 Å². The van der Waals surface area contributed by atoms with E-state index in [4.69, 9.17) is 10.8 Å². The van der Waals surface area contributed by atoms with Gasteiger partial charge in [0.25, 0.3) is 0 Å². The number of aliphatic hydroxyl groups excluding tert-OH is 1. The van der Waals surface area contributed by atoms with Gasteiger partial charge in [0.2, 0.25) is 0 Å². The number of nitrogens with two attached hydrogens (primary N) is 1. The van der Waals surface area contributed by atoms with Crippen molar-refractivity contribution < 1.29 is 29.3 Å². The third kappa shape index (κ3) is 2.51.